The van der Waals surface area contributed by atoms with Gasteiger partial charge < -0.3 is 10.1 Å². The lowest BCUT2D eigenvalue weighted by Crippen LogP contribution is -2.39. The minimum Gasteiger partial charge on any atom is -0.379 e. The fourth-order valence-electron chi connectivity index (χ4n) is 2.82. The topological polar surface area (TPSA) is 24.5 Å². The predicted molar refractivity (Wildman–Crippen MR) is 78.1 cm³/mol. The molecule has 0 bridgehead atoms. The van der Waals surface area contributed by atoms with Gasteiger partial charge in [-0.1, -0.05) is 6.92 Å². The van der Waals surface area contributed by atoms with E-state index in [1.165, 1.54) is 25.8 Å². The highest BCUT2D eigenvalue weighted by atomic mass is 16.5. The molecular formula is C15H32N2O. The third kappa shape index (κ3) is 5.68. The minimum atomic E-state index is 0.362. The second-order valence-electron chi connectivity index (χ2n) is 5.75. The Bertz CT molecular complexity index is 209. The third-order valence-electron chi connectivity index (χ3n) is 3.92. The smallest absolute Gasteiger partial charge is 0.0518 e. The van der Waals surface area contributed by atoms with Gasteiger partial charge in [-0.2, -0.15) is 0 Å². The van der Waals surface area contributed by atoms with Gasteiger partial charge in [-0.3, -0.25) is 4.90 Å². The zero-order valence-electron chi connectivity index (χ0n) is 12.7. The first-order valence-corrected chi connectivity index (χ1v) is 7.73. The van der Waals surface area contributed by atoms with Gasteiger partial charge in [0.15, 0.2) is 0 Å². The number of hydrogen-bond acceptors (Lipinski definition) is 3. The molecule has 1 saturated heterocycles. The standard InChI is InChI=1S/C15H32N2O/c1-5-15-8-7-14(4)17(15)11-10-16-9-6-12-18-13(2)3/h13-16H,5-12H2,1-4H3. The van der Waals surface area contributed by atoms with E-state index in [2.05, 4.69) is 37.9 Å². The summed E-state index contributed by atoms with van der Waals surface area (Å²) >= 11 is 0. The summed E-state index contributed by atoms with van der Waals surface area (Å²) < 4.78 is 5.52. The first-order valence-electron chi connectivity index (χ1n) is 7.73. The molecule has 1 N–H and O–H groups in total. The summed E-state index contributed by atoms with van der Waals surface area (Å²) in [5.41, 5.74) is 0. The first kappa shape index (κ1) is 15.9. The van der Waals surface area contributed by atoms with Crippen LogP contribution in [0.1, 0.15) is 53.4 Å². The third-order valence-corrected chi connectivity index (χ3v) is 3.92. The second kappa shape index (κ2) is 8.89. The molecule has 0 aromatic heterocycles. The highest BCUT2D eigenvalue weighted by Gasteiger charge is 2.28. The van der Waals surface area contributed by atoms with Crippen LogP contribution in [0.4, 0.5) is 0 Å². The van der Waals surface area contributed by atoms with E-state index in [1.807, 2.05) is 0 Å². The SMILES string of the molecule is CCC1CCC(C)N1CCNCCCOC(C)C. The van der Waals surface area contributed by atoms with Crippen molar-refractivity contribution in [1.29, 1.82) is 0 Å². The fraction of sp³-hybridized carbons (Fsp3) is 1.00. The number of hydrogen-bond donors (Lipinski definition) is 1. The molecule has 2 unspecified atom stereocenters. The van der Waals surface area contributed by atoms with Gasteiger partial charge in [-0.25, -0.2) is 0 Å². The van der Waals surface area contributed by atoms with E-state index < -0.39 is 0 Å². The number of ether oxygens (including phenoxy) is 1. The molecule has 3 nitrogen and oxygen atoms in total. The van der Waals surface area contributed by atoms with Crippen LogP contribution in [-0.2, 0) is 4.74 Å². The summed E-state index contributed by atoms with van der Waals surface area (Å²) in [5.74, 6) is 0. The maximum atomic E-state index is 5.52. The molecule has 108 valence electrons. The molecule has 3 heteroatoms. The Hall–Kier alpha value is -0.120. The van der Waals surface area contributed by atoms with Crippen molar-refractivity contribution in [2.75, 3.05) is 26.2 Å². The summed E-state index contributed by atoms with van der Waals surface area (Å²) in [6, 6.07) is 1.60. The van der Waals surface area contributed by atoms with Gasteiger partial charge in [0, 0.05) is 31.8 Å². The summed E-state index contributed by atoms with van der Waals surface area (Å²) in [4.78, 5) is 2.68. The van der Waals surface area contributed by atoms with E-state index in [0.29, 0.717) is 6.10 Å². The average Bonchev–Trinajstić information content (AvgIpc) is 2.69. The molecule has 1 rings (SSSR count). The molecule has 2 atom stereocenters. The van der Waals surface area contributed by atoms with Crippen LogP contribution < -0.4 is 5.32 Å². The average molecular weight is 256 g/mol. The number of rotatable bonds is 9. The molecule has 1 heterocycles. The number of nitrogens with one attached hydrogen (secondary N) is 1. The van der Waals surface area contributed by atoms with Gasteiger partial charge in [0.1, 0.15) is 0 Å². The van der Waals surface area contributed by atoms with Gasteiger partial charge in [0.25, 0.3) is 0 Å². The molecule has 0 amide bonds. The van der Waals surface area contributed by atoms with Gasteiger partial charge in [-0.05, 0) is 53.0 Å². The zero-order chi connectivity index (χ0) is 13.4. The lowest BCUT2D eigenvalue weighted by molar-refractivity contribution is 0.0769. The van der Waals surface area contributed by atoms with Crippen molar-refractivity contribution >= 4 is 0 Å². The molecule has 1 aliphatic heterocycles. The minimum absolute atomic E-state index is 0.362. The van der Waals surface area contributed by atoms with Crippen LogP contribution in [0.3, 0.4) is 0 Å². The van der Waals surface area contributed by atoms with Gasteiger partial charge in [-0.15, -0.1) is 0 Å². The molecule has 0 saturated carbocycles. The van der Waals surface area contributed by atoms with E-state index in [9.17, 15) is 0 Å². The van der Waals surface area contributed by atoms with Gasteiger partial charge in [0.05, 0.1) is 6.10 Å². The molecule has 0 radical (unpaired) electrons. The predicted octanol–water partition coefficient (Wildman–Crippen LogP) is 2.65. The van der Waals surface area contributed by atoms with E-state index in [0.717, 1.165) is 38.2 Å². The molecule has 0 aromatic rings. The maximum absolute atomic E-state index is 5.52. The Morgan fingerprint density at radius 2 is 2.06 bits per heavy atom. The Morgan fingerprint density at radius 3 is 2.72 bits per heavy atom. The zero-order valence-corrected chi connectivity index (χ0v) is 12.7. The van der Waals surface area contributed by atoms with Crippen LogP contribution in [0.15, 0.2) is 0 Å². The van der Waals surface area contributed by atoms with E-state index >= 15 is 0 Å². The number of nitrogens with zero attached hydrogens (tertiary/aromatic N) is 1. The molecule has 18 heavy (non-hydrogen) atoms. The molecular weight excluding hydrogens is 224 g/mol. The van der Waals surface area contributed by atoms with Gasteiger partial charge >= 0.3 is 0 Å². The van der Waals surface area contributed by atoms with Crippen molar-refractivity contribution in [3.05, 3.63) is 0 Å². The Morgan fingerprint density at radius 1 is 1.28 bits per heavy atom. The van der Waals surface area contributed by atoms with Crippen molar-refractivity contribution in [2.24, 2.45) is 0 Å². The van der Waals surface area contributed by atoms with Crippen molar-refractivity contribution < 1.29 is 4.74 Å². The lowest BCUT2D eigenvalue weighted by atomic mass is 10.1. The first-order chi connectivity index (χ1) is 8.65. The monoisotopic (exact) mass is 256 g/mol. The fourth-order valence-corrected chi connectivity index (χ4v) is 2.82. The van der Waals surface area contributed by atoms with Crippen LogP contribution in [0.25, 0.3) is 0 Å². The van der Waals surface area contributed by atoms with Crippen molar-refractivity contribution in [1.82, 2.24) is 10.2 Å². The van der Waals surface area contributed by atoms with Crippen molar-refractivity contribution in [3.63, 3.8) is 0 Å². The van der Waals surface area contributed by atoms with E-state index in [4.69, 9.17) is 4.74 Å². The lowest BCUT2D eigenvalue weighted by Gasteiger charge is -2.27. The molecule has 0 aromatic carbocycles. The summed E-state index contributed by atoms with van der Waals surface area (Å²) in [5, 5.41) is 3.53. The Labute approximate surface area is 113 Å². The Kier molecular flexibility index (Phi) is 7.87. The summed E-state index contributed by atoms with van der Waals surface area (Å²) in [6.07, 6.45) is 5.54. The largest absolute Gasteiger partial charge is 0.379 e. The molecule has 1 aliphatic rings. The van der Waals surface area contributed by atoms with Crippen LogP contribution in [-0.4, -0.2) is 49.3 Å². The van der Waals surface area contributed by atoms with Gasteiger partial charge in [0.2, 0.25) is 0 Å². The maximum Gasteiger partial charge on any atom is 0.0518 e. The van der Waals surface area contributed by atoms with E-state index in [1.54, 1.807) is 0 Å². The second-order valence-corrected chi connectivity index (χ2v) is 5.75. The van der Waals surface area contributed by atoms with Crippen molar-refractivity contribution in [2.45, 2.75) is 71.6 Å². The highest BCUT2D eigenvalue weighted by Crippen LogP contribution is 2.24. The molecule has 0 aliphatic carbocycles. The van der Waals surface area contributed by atoms with E-state index in [-0.39, 0.29) is 0 Å². The summed E-state index contributed by atoms with van der Waals surface area (Å²) in [7, 11) is 0. The van der Waals surface area contributed by atoms with Crippen molar-refractivity contribution in [3.8, 4) is 0 Å². The normalized spacial score (nSPS) is 25.2. The number of likely N-dealkylation sites (tertiary alicyclic amines) is 1. The Balaban J connectivity index is 2.00. The van der Waals surface area contributed by atoms with Crippen LogP contribution in [0.5, 0.6) is 0 Å². The molecule has 0 spiro atoms. The van der Waals surface area contributed by atoms with Crippen LogP contribution >= 0.6 is 0 Å². The summed E-state index contributed by atoms with van der Waals surface area (Å²) in [6.45, 7) is 13.1. The highest BCUT2D eigenvalue weighted by molar-refractivity contribution is 4.84. The van der Waals surface area contributed by atoms with Crippen LogP contribution in [0, 0.1) is 0 Å². The molecule has 1 fully saturated rings. The van der Waals surface area contributed by atoms with Crippen LogP contribution in [0.2, 0.25) is 0 Å². The quantitative estimate of drug-likeness (QED) is 0.642.